The summed E-state index contributed by atoms with van der Waals surface area (Å²) in [6.07, 6.45) is 2.58. The summed E-state index contributed by atoms with van der Waals surface area (Å²) in [5, 5.41) is 0. The van der Waals surface area contributed by atoms with Gasteiger partial charge in [-0.1, -0.05) is 0 Å². The van der Waals surface area contributed by atoms with E-state index < -0.39 is 0 Å². The average molecular weight is 232 g/mol. The Balaban J connectivity index is 3.09. The van der Waals surface area contributed by atoms with E-state index in [0.29, 0.717) is 19.8 Å². The van der Waals surface area contributed by atoms with Crippen molar-refractivity contribution in [2.45, 2.75) is 33.1 Å². The molecule has 0 saturated carbocycles. The Kier molecular flexibility index (Phi) is 9.70. The van der Waals surface area contributed by atoms with Crippen LogP contribution in [-0.2, 0) is 23.8 Å². The van der Waals surface area contributed by atoms with Crippen molar-refractivity contribution in [2.24, 2.45) is 0 Å². The first kappa shape index (κ1) is 14.9. The van der Waals surface area contributed by atoms with E-state index in [9.17, 15) is 9.59 Å². The van der Waals surface area contributed by atoms with Crippen molar-refractivity contribution in [3.05, 3.63) is 0 Å². The van der Waals surface area contributed by atoms with Crippen LogP contribution in [0.1, 0.15) is 33.1 Å². The van der Waals surface area contributed by atoms with Gasteiger partial charge in [-0.15, -0.1) is 0 Å². The van der Waals surface area contributed by atoms with Gasteiger partial charge in [0.15, 0.2) is 0 Å². The number of esters is 2. The van der Waals surface area contributed by atoms with Gasteiger partial charge in [-0.25, -0.2) is 4.79 Å². The first-order valence-corrected chi connectivity index (χ1v) is 5.53. The number of carbonyl (C=O) groups excluding carboxylic acids is 2. The lowest BCUT2D eigenvalue weighted by Crippen LogP contribution is -2.13. The Labute approximate surface area is 96.1 Å². The molecule has 0 radical (unpaired) electrons. The molecule has 94 valence electrons. The zero-order valence-electron chi connectivity index (χ0n) is 9.99. The molecule has 5 nitrogen and oxygen atoms in total. The van der Waals surface area contributed by atoms with Crippen molar-refractivity contribution < 1.29 is 23.8 Å². The number of unbranched alkanes of at least 4 members (excludes halogenated alkanes) is 2. The monoisotopic (exact) mass is 232 g/mol. The lowest BCUT2D eigenvalue weighted by Gasteiger charge is -2.04. The van der Waals surface area contributed by atoms with Crippen LogP contribution in [0, 0.1) is 0 Å². The molecule has 0 bridgehead atoms. The lowest BCUT2D eigenvalue weighted by atomic mass is 10.2. The first-order valence-electron chi connectivity index (χ1n) is 5.53. The lowest BCUT2D eigenvalue weighted by molar-refractivity contribution is -0.148. The molecule has 0 N–H and O–H groups in total. The van der Waals surface area contributed by atoms with Gasteiger partial charge in [-0.05, 0) is 26.2 Å². The van der Waals surface area contributed by atoms with Crippen LogP contribution >= 0.6 is 0 Å². The molecule has 0 rings (SSSR count). The summed E-state index contributed by atoms with van der Waals surface area (Å²) < 4.78 is 14.5. The second-order valence-electron chi connectivity index (χ2n) is 3.26. The van der Waals surface area contributed by atoms with Gasteiger partial charge in [0.1, 0.15) is 6.61 Å². The Morgan fingerprint density at radius 2 is 1.69 bits per heavy atom. The van der Waals surface area contributed by atoms with Crippen LogP contribution < -0.4 is 0 Å². The molecule has 0 spiro atoms. The molecule has 16 heavy (non-hydrogen) atoms. The Bertz CT molecular complexity index is 203. The van der Waals surface area contributed by atoms with Crippen molar-refractivity contribution in [1.29, 1.82) is 0 Å². The predicted octanol–water partition coefficient (Wildman–Crippen LogP) is 1.30. The fourth-order valence-electron chi connectivity index (χ4n) is 1.06. The van der Waals surface area contributed by atoms with Crippen LogP contribution in [0.15, 0.2) is 0 Å². The van der Waals surface area contributed by atoms with Gasteiger partial charge in [-0.3, -0.25) is 4.79 Å². The van der Waals surface area contributed by atoms with E-state index in [1.165, 1.54) is 6.92 Å². The van der Waals surface area contributed by atoms with Gasteiger partial charge in [0.25, 0.3) is 0 Å². The van der Waals surface area contributed by atoms with Crippen molar-refractivity contribution in [1.82, 2.24) is 0 Å². The summed E-state index contributed by atoms with van der Waals surface area (Å²) in [5.74, 6) is -0.582. The Hall–Kier alpha value is -1.10. The summed E-state index contributed by atoms with van der Waals surface area (Å²) >= 11 is 0. The summed E-state index contributed by atoms with van der Waals surface area (Å²) in [7, 11) is 0. The minimum atomic E-state index is -0.331. The molecule has 5 heteroatoms. The Morgan fingerprint density at radius 3 is 2.31 bits per heavy atom. The highest BCUT2D eigenvalue weighted by Crippen LogP contribution is 1.97. The maximum atomic E-state index is 10.8. The van der Waals surface area contributed by atoms with E-state index in [1.807, 2.05) is 0 Å². The van der Waals surface area contributed by atoms with Gasteiger partial charge < -0.3 is 14.2 Å². The molecule has 0 fully saturated rings. The zero-order valence-corrected chi connectivity index (χ0v) is 9.99. The maximum Gasteiger partial charge on any atom is 0.332 e. The van der Waals surface area contributed by atoms with Crippen LogP contribution in [0.5, 0.6) is 0 Å². The number of hydrogen-bond acceptors (Lipinski definition) is 5. The van der Waals surface area contributed by atoms with E-state index in [1.54, 1.807) is 6.92 Å². The van der Waals surface area contributed by atoms with Crippen molar-refractivity contribution in [3.8, 4) is 0 Å². The van der Waals surface area contributed by atoms with E-state index >= 15 is 0 Å². The molecule has 0 saturated heterocycles. The fourth-order valence-corrected chi connectivity index (χ4v) is 1.06. The molecule has 0 aliphatic carbocycles. The fraction of sp³-hybridized carbons (Fsp3) is 0.818. The molecule has 0 amide bonds. The number of hydrogen-bond donors (Lipinski definition) is 0. The average Bonchev–Trinajstić information content (AvgIpc) is 2.22. The molecular formula is C11H20O5. The summed E-state index contributed by atoms with van der Waals surface area (Å²) in [6.45, 7) is 4.52. The molecule has 0 aromatic heterocycles. The number of rotatable bonds is 9. The third-order valence-corrected chi connectivity index (χ3v) is 1.76. The van der Waals surface area contributed by atoms with Gasteiger partial charge in [0.2, 0.25) is 0 Å². The van der Waals surface area contributed by atoms with Crippen LogP contribution in [0.3, 0.4) is 0 Å². The number of ether oxygens (including phenoxy) is 3. The highest BCUT2D eigenvalue weighted by Gasteiger charge is 2.00. The van der Waals surface area contributed by atoms with Crippen LogP contribution in [0.2, 0.25) is 0 Å². The third-order valence-electron chi connectivity index (χ3n) is 1.76. The van der Waals surface area contributed by atoms with Crippen LogP contribution in [0.4, 0.5) is 0 Å². The summed E-state index contributed by atoms with van der Waals surface area (Å²) in [6, 6.07) is 0. The minimum absolute atomic E-state index is 0.0117. The molecule has 0 heterocycles. The van der Waals surface area contributed by atoms with Crippen molar-refractivity contribution in [3.63, 3.8) is 0 Å². The van der Waals surface area contributed by atoms with Crippen LogP contribution in [0.25, 0.3) is 0 Å². The zero-order chi connectivity index (χ0) is 12.2. The van der Waals surface area contributed by atoms with E-state index in [2.05, 4.69) is 0 Å². The van der Waals surface area contributed by atoms with Crippen LogP contribution in [-0.4, -0.2) is 38.4 Å². The first-order chi connectivity index (χ1) is 7.66. The molecular weight excluding hydrogens is 212 g/mol. The molecule has 0 aromatic carbocycles. The SMILES string of the molecule is CCOC(=O)COCCCCCOC(C)=O. The maximum absolute atomic E-state index is 10.8. The molecule has 0 atom stereocenters. The standard InChI is InChI=1S/C11H20O5/c1-3-15-11(13)9-14-7-5-4-6-8-16-10(2)12/h3-9H2,1-2H3. The minimum Gasteiger partial charge on any atom is -0.466 e. The largest absolute Gasteiger partial charge is 0.466 e. The van der Waals surface area contributed by atoms with E-state index in [0.717, 1.165) is 19.3 Å². The molecule has 0 unspecified atom stereocenters. The number of carbonyl (C=O) groups is 2. The highest BCUT2D eigenvalue weighted by molar-refractivity contribution is 5.70. The predicted molar refractivity (Wildman–Crippen MR) is 57.9 cm³/mol. The highest BCUT2D eigenvalue weighted by atomic mass is 16.6. The van der Waals surface area contributed by atoms with Crippen molar-refractivity contribution in [2.75, 3.05) is 26.4 Å². The quantitative estimate of drug-likeness (QED) is 0.443. The molecule has 0 aliphatic rings. The third kappa shape index (κ3) is 11.0. The molecule has 0 aliphatic heterocycles. The van der Waals surface area contributed by atoms with Gasteiger partial charge in [0, 0.05) is 13.5 Å². The van der Waals surface area contributed by atoms with Gasteiger partial charge >= 0.3 is 11.9 Å². The van der Waals surface area contributed by atoms with Gasteiger partial charge in [0.05, 0.1) is 13.2 Å². The second-order valence-corrected chi connectivity index (χ2v) is 3.26. The normalized spacial score (nSPS) is 9.88. The van der Waals surface area contributed by atoms with E-state index in [4.69, 9.17) is 14.2 Å². The molecule has 0 aromatic rings. The smallest absolute Gasteiger partial charge is 0.332 e. The summed E-state index contributed by atoms with van der Waals surface area (Å²) in [4.78, 5) is 21.3. The summed E-state index contributed by atoms with van der Waals surface area (Å²) in [5.41, 5.74) is 0. The Morgan fingerprint density at radius 1 is 1.00 bits per heavy atom. The van der Waals surface area contributed by atoms with Crippen molar-refractivity contribution >= 4 is 11.9 Å². The van der Waals surface area contributed by atoms with Gasteiger partial charge in [-0.2, -0.15) is 0 Å². The second kappa shape index (κ2) is 10.4. The van der Waals surface area contributed by atoms with E-state index in [-0.39, 0.29) is 18.5 Å². The topological polar surface area (TPSA) is 61.8 Å².